The molecule has 6 heteroatoms. The number of thiophene rings is 2. The van der Waals surface area contributed by atoms with Crippen molar-refractivity contribution in [3.63, 3.8) is 0 Å². The largest absolute Gasteiger partial charge is 0.312 e. The summed E-state index contributed by atoms with van der Waals surface area (Å²) in [5.41, 5.74) is 1.74. The lowest BCUT2D eigenvalue weighted by Gasteiger charge is -2.17. The average Bonchev–Trinajstić information content (AvgIpc) is 3.12. The number of amides is 1. The van der Waals surface area contributed by atoms with E-state index in [0.29, 0.717) is 26.4 Å². The van der Waals surface area contributed by atoms with Crippen LogP contribution in [0.1, 0.15) is 39.0 Å². The number of halogens is 1. The van der Waals surface area contributed by atoms with E-state index in [4.69, 9.17) is 11.6 Å². The predicted octanol–water partition coefficient (Wildman–Crippen LogP) is 5.86. The summed E-state index contributed by atoms with van der Waals surface area (Å²) in [4.78, 5) is 14.5. The molecule has 1 amide bonds. The average molecular weight is 387 g/mol. The molecule has 0 saturated carbocycles. The Kier molecular flexibility index (Phi) is 4.28. The Hall–Kier alpha value is -1.87. The highest BCUT2D eigenvalue weighted by atomic mass is 35.5. The van der Waals surface area contributed by atoms with Gasteiger partial charge >= 0.3 is 0 Å². The van der Waals surface area contributed by atoms with Gasteiger partial charge < -0.3 is 5.32 Å². The third kappa shape index (κ3) is 2.85. The van der Waals surface area contributed by atoms with E-state index in [2.05, 4.69) is 18.3 Å². The molecule has 1 aliphatic carbocycles. The van der Waals surface area contributed by atoms with Crippen LogP contribution in [0, 0.1) is 17.2 Å². The SMILES string of the molecule is C[C@@H]1CCc2c(sc(NC(=O)c3sc4ccccc4c3Cl)c2C#N)C1. The Morgan fingerprint density at radius 1 is 1.36 bits per heavy atom. The molecule has 1 aromatic carbocycles. The molecule has 0 fully saturated rings. The van der Waals surface area contributed by atoms with E-state index in [9.17, 15) is 10.1 Å². The lowest BCUT2D eigenvalue weighted by molar-refractivity contribution is 0.103. The molecule has 25 heavy (non-hydrogen) atoms. The van der Waals surface area contributed by atoms with Crippen molar-refractivity contribution in [1.82, 2.24) is 0 Å². The number of carbonyl (C=O) groups excluding carboxylic acids is 1. The van der Waals surface area contributed by atoms with Crippen molar-refractivity contribution in [2.45, 2.75) is 26.2 Å². The Bertz CT molecular complexity index is 1030. The normalized spacial score (nSPS) is 16.4. The van der Waals surface area contributed by atoms with Crippen molar-refractivity contribution >= 4 is 55.3 Å². The molecule has 1 N–H and O–H groups in total. The van der Waals surface area contributed by atoms with Gasteiger partial charge in [0.15, 0.2) is 0 Å². The van der Waals surface area contributed by atoms with E-state index < -0.39 is 0 Å². The first-order chi connectivity index (χ1) is 12.1. The quantitative estimate of drug-likeness (QED) is 0.599. The zero-order valence-corrected chi connectivity index (χ0v) is 15.9. The summed E-state index contributed by atoms with van der Waals surface area (Å²) in [6, 6.07) is 9.99. The van der Waals surface area contributed by atoms with Crippen molar-refractivity contribution < 1.29 is 4.79 Å². The van der Waals surface area contributed by atoms with Gasteiger partial charge in [-0.05, 0) is 36.8 Å². The van der Waals surface area contributed by atoms with E-state index in [1.165, 1.54) is 27.6 Å². The molecule has 0 aliphatic heterocycles. The number of hydrogen-bond donors (Lipinski definition) is 1. The smallest absolute Gasteiger partial charge is 0.267 e. The van der Waals surface area contributed by atoms with Crippen LogP contribution in [0.25, 0.3) is 10.1 Å². The first-order valence-corrected chi connectivity index (χ1v) is 10.1. The highest BCUT2D eigenvalue weighted by molar-refractivity contribution is 7.22. The fourth-order valence-corrected chi connectivity index (χ4v) is 6.05. The Balaban J connectivity index is 1.69. The lowest BCUT2D eigenvalue weighted by Crippen LogP contribution is -2.11. The number of benzene rings is 1. The van der Waals surface area contributed by atoms with Crippen LogP contribution >= 0.6 is 34.3 Å². The molecule has 2 heterocycles. The highest BCUT2D eigenvalue weighted by Crippen LogP contribution is 2.40. The van der Waals surface area contributed by atoms with Crippen molar-refractivity contribution in [2.75, 3.05) is 5.32 Å². The number of nitriles is 1. The first-order valence-electron chi connectivity index (χ1n) is 8.11. The standard InChI is InChI=1S/C19H15ClN2OS2/c1-10-6-7-11-13(9-21)19(25-15(11)8-10)22-18(23)17-16(20)12-4-2-3-5-14(12)24-17/h2-5,10H,6-8H2,1H3,(H,22,23)/t10-/m1/s1. The Morgan fingerprint density at radius 3 is 2.92 bits per heavy atom. The Labute approximate surface area is 158 Å². The van der Waals surface area contributed by atoms with E-state index in [-0.39, 0.29) is 5.91 Å². The topological polar surface area (TPSA) is 52.9 Å². The second-order valence-electron chi connectivity index (χ2n) is 6.36. The summed E-state index contributed by atoms with van der Waals surface area (Å²) in [7, 11) is 0. The number of nitrogens with zero attached hydrogens (tertiary/aromatic N) is 1. The van der Waals surface area contributed by atoms with Crippen LogP contribution in [-0.2, 0) is 12.8 Å². The maximum atomic E-state index is 12.8. The minimum atomic E-state index is -0.241. The lowest BCUT2D eigenvalue weighted by atomic mass is 9.89. The fourth-order valence-electron chi connectivity index (χ4n) is 3.28. The van der Waals surface area contributed by atoms with Gasteiger partial charge in [0, 0.05) is 15.0 Å². The van der Waals surface area contributed by atoms with Gasteiger partial charge in [-0.2, -0.15) is 5.26 Å². The number of carbonyl (C=O) groups is 1. The number of nitrogens with one attached hydrogen (secondary N) is 1. The second-order valence-corrected chi connectivity index (χ2v) is 8.90. The summed E-state index contributed by atoms with van der Waals surface area (Å²) in [6.45, 7) is 2.23. The summed E-state index contributed by atoms with van der Waals surface area (Å²) >= 11 is 9.31. The van der Waals surface area contributed by atoms with E-state index in [1.807, 2.05) is 24.3 Å². The highest BCUT2D eigenvalue weighted by Gasteiger charge is 2.26. The van der Waals surface area contributed by atoms with Crippen LogP contribution in [0.2, 0.25) is 5.02 Å². The van der Waals surface area contributed by atoms with Crippen LogP contribution in [-0.4, -0.2) is 5.91 Å². The van der Waals surface area contributed by atoms with Crippen LogP contribution < -0.4 is 5.32 Å². The van der Waals surface area contributed by atoms with Gasteiger partial charge in [-0.3, -0.25) is 4.79 Å². The van der Waals surface area contributed by atoms with Crippen molar-refractivity contribution in [3.8, 4) is 6.07 Å². The van der Waals surface area contributed by atoms with Crippen LogP contribution in [0.4, 0.5) is 5.00 Å². The third-order valence-corrected chi connectivity index (χ3v) is 7.44. The molecular weight excluding hydrogens is 372 g/mol. The number of anilines is 1. The van der Waals surface area contributed by atoms with Gasteiger partial charge in [0.1, 0.15) is 15.9 Å². The predicted molar refractivity (Wildman–Crippen MR) is 105 cm³/mol. The van der Waals surface area contributed by atoms with Gasteiger partial charge in [0.25, 0.3) is 5.91 Å². The van der Waals surface area contributed by atoms with Gasteiger partial charge in [0.05, 0.1) is 10.6 Å². The van der Waals surface area contributed by atoms with Crippen LogP contribution in [0.5, 0.6) is 0 Å². The Morgan fingerprint density at radius 2 is 2.16 bits per heavy atom. The monoisotopic (exact) mass is 386 g/mol. The molecule has 0 bridgehead atoms. The molecule has 0 radical (unpaired) electrons. The molecule has 4 rings (SSSR count). The first kappa shape index (κ1) is 16.6. The van der Waals surface area contributed by atoms with E-state index >= 15 is 0 Å². The van der Waals surface area contributed by atoms with Crippen molar-refractivity contribution in [2.24, 2.45) is 5.92 Å². The molecule has 126 valence electrons. The van der Waals surface area contributed by atoms with Crippen LogP contribution in [0.15, 0.2) is 24.3 Å². The van der Waals surface area contributed by atoms with E-state index in [1.54, 1.807) is 0 Å². The summed E-state index contributed by atoms with van der Waals surface area (Å²) < 4.78 is 0.984. The number of fused-ring (bicyclic) bond motifs is 2. The molecule has 1 atom stereocenters. The third-order valence-electron chi connectivity index (χ3n) is 4.59. The zero-order chi connectivity index (χ0) is 17.6. The molecule has 0 unspecified atom stereocenters. The zero-order valence-electron chi connectivity index (χ0n) is 13.6. The molecule has 3 aromatic rings. The maximum absolute atomic E-state index is 12.8. The number of rotatable bonds is 2. The number of hydrogen-bond acceptors (Lipinski definition) is 4. The van der Waals surface area contributed by atoms with Crippen LogP contribution in [0.3, 0.4) is 0 Å². The summed E-state index contributed by atoms with van der Waals surface area (Å²) in [6.07, 6.45) is 2.98. The molecule has 0 spiro atoms. The molecule has 3 nitrogen and oxygen atoms in total. The van der Waals surface area contributed by atoms with Crippen molar-refractivity contribution in [3.05, 3.63) is 50.2 Å². The van der Waals surface area contributed by atoms with Gasteiger partial charge in [-0.25, -0.2) is 0 Å². The molecular formula is C19H15ClN2OS2. The maximum Gasteiger partial charge on any atom is 0.267 e. The molecule has 2 aromatic heterocycles. The fraction of sp³-hybridized carbons (Fsp3) is 0.263. The van der Waals surface area contributed by atoms with Gasteiger partial charge in [-0.1, -0.05) is 36.7 Å². The minimum absolute atomic E-state index is 0.241. The molecule has 0 saturated heterocycles. The summed E-state index contributed by atoms with van der Waals surface area (Å²) in [5, 5.41) is 14.5. The second kappa shape index (κ2) is 6.45. The molecule has 1 aliphatic rings. The van der Waals surface area contributed by atoms with Gasteiger partial charge in [-0.15, -0.1) is 22.7 Å². The minimum Gasteiger partial charge on any atom is -0.312 e. The van der Waals surface area contributed by atoms with E-state index in [0.717, 1.165) is 34.9 Å². The summed E-state index contributed by atoms with van der Waals surface area (Å²) in [5.74, 6) is 0.382. The van der Waals surface area contributed by atoms with Gasteiger partial charge in [0.2, 0.25) is 0 Å². The van der Waals surface area contributed by atoms with Crippen molar-refractivity contribution in [1.29, 1.82) is 5.26 Å².